The van der Waals surface area contributed by atoms with Crippen molar-refractivity contribution in [3.8, 4) is 0 Å². The predicted molar refractivity (Wildman–Crippen MR) is 91.0 cm³/mol. The van der Waals surface area contributed by atoms with Crippen LogP contribution in [0.4, 0.5) is 17.5 Å². The smallest absolute Gasteiger partial charge is 0.260 e. The van der Waals surface area contributed by atoms with E-state index in [0.717, 1.165) is 0 Å². The molecule has 1 aromatic carbocycles. The molecule has 0 aliphatic carbocycles. The maximum Gasteiger partial charge on any atom is 0.260 e. The van der Waals surface area contributed by atoms with Gasteiger partial charge in [0.15, 0.2) is 5.82 Å². The van der Waals surface area contributed by atoms with Gasteiger partial charge in [0.2, 0.25) is 5.95 Å². The third kappa shape index (κ3) is 3.81. The molecule has 0 saturated heterocycles. The Labute approximate surface area is 147 Å². The van der Waals surface area contributed by atoms with Crippen molar-refractivity contribution in [3.63, 3.8) is 0 Å². The molecule has 24 heavy (non-hydrogen) atoms. The number of amides is 1. The minimum atomic E-state index is -0.385. The number of aromatic nitrogens is 3. The molecule has 3 rings (SSSR count). The third-order valence-electron chi connectivity index (χ3n) is 2.96. The molecule has 0 saturated carbocycles. The highest BCUT2D eigenvalue weighted by Gasteiger charge is 2.10. The average molecular weight is 364 g/mol. The summed E-state index contributed by atoms with van der Waals surface area (Å²) in [5, 5.41) is 10.1. The molecular weight excluding hydrogens is 353 g/mol. The van der Waals surface area contributed by atoms with E-state index in [9.17, 15) is 4.79 Å². The number of rotatable bonds is 4. The first-order valence-corrected chi connectivity index (χ1v) is 7.55. The van der Waals surface area contributed by atoms with Crippen molar-refractivity contribution in [2.45, 2.75) is 6.92 Å². The van der Waals surface area contributed by atoms with Crippen LogP contribution in [0.15, 0.2) is 41.2 Å². The number of carbonyl (C=O) groups is 1. The van der Waals surface area contributed by atoms with Crippen LogP contribution in [0.25, 0.3) is 0 Å². The fraction of sp³-hybridized carbons (Fsp3) is 0.0667. The molecule has 7 nitrogen and oxygen atoms in total. The minimum absolute atomic E-state index is 0.287. The molecule has 0 aliphatic rings. The molecule has 2 N–H and O–H groups in total. The second kappa shape index (κ2) is 6.86. The first-order valence-electron chi connectivity index (χ1n) is 6.80. The van der Waals surface area contributed by atoms with Crippen molar-refractivity contribution >= 4 is 46.6 Å². The fourth-order valence-corrected chi connectivity index (χ4v) is 2.12. The summed E-state index contributed by atoms with van der Waals surface area (Å²) >= 11 is 11.8. The van der Waals surface area contributed by atoms with Gasteiger partial charge >= 0.3 is 0 Å². The Balaban J connectivity index is 1.68. The maximum absolute atomic E-state index is 12.0. The summed E-state index contributed by atoms with van der Waals surface area (Å²) in [4.78, 5) is 20.2. The summed E-state index contributed by atoms with van der Waals surface area (Å²) < 4.78 is 4.88. The summed E-state index contributed by atoms with van der Waals surface area (Å²) in [6.45, 7) is 1.73. The van der Waals surface area contributed by atoms with Crippen LogP contribution >= 0.6 is 23.2 Å². The Morgan fingerprint density at radius 1 is 1.12 bits per heavy atom. The number of aryl methyl sites for hydroxylation is 1. The number of nitrogens with one attached hydrogen (secondary N) is 2. The molecule has 3 aromatic rings. The highest BCUT2D eigenvalue weighted by Crippen LogP contribution is 2.26. The highest BCUT2D eigenvalue weighted by atomic mass is 35.5. The summed E-state index contributed by atoms with van der Waals surface area (Å²) in [6, 6.07) is 6.67. The van der Waals surface area contributed by atoms with Crippen molar-refractivity contribution < 1.29 is 9.32 Å². The van der Waals surface area contributed by atoms with E-state index in [4.69, 9.17) is 27.7 Å². The lowest BCUT2D eigenvalue weighted by Crippen LogP contribution is -2.13. The zero-order valence-corrected chi connectivity index (χ0v) is 13.9. The van der Waals surface area contributed by atoms with Gasteiger partial charge in [-0.2, -0.15) is 0 Å². The lowest BCUT2D eigenvalue weighted by atomic mass is 10.3. The van der Waals surface area contributed by atoms with Crippen molar-refractivity contribution in [3.05, 3.63) is 58.0 Å². The Hall–Kier alpha value is -2.64. The molecule has 0 bridgehead atoms. The topological polar surface area (TPSA) is 92.9 Å². The molecule has 1 amide bonds. The molecule has 0 radical (unpaired) electrons. The molecule has 0 fully saturated rings. The molecule has 9 heteroatoms. The van der Waals surface area contributed by atoms with Crippen LogP contribution in [0.2, 0.25) is 10.0 Å². The van der Waals surface area contributed by atoms with E-state index in [2.05, 4.69) is 25.8 Å². The van der Waals surface area contributed by atoms with Gasteiger partial charge in [-0.1, -0.05) is 28.4 Å². The van der Waals surface area contributed by atoms with E-state index in [1.54, 1.807) is 31.2 Å². The highest BCUT2D eigenvalue weighted by molar-refractivity contribution is 6.42. The van der Waals surface area contributed by atoms with Crippen LogP contribution < -0.4 is 10.6 Å². The summed E-state index contributed by atoms with van der Waals surface area (Å²) in [5.74, 6) is 0.866. The molecule has 0 aliphatic heterocycles. The first-order chi connectivity index (χ1) is 11.5. The van der Waals surface area contributed by atoms with E-state index in [0.29, 0.717) is 33.3 Å². The second-order valence-electron chi connectivity index (χ2n) is 4.83. The first kappa shape index (κ1) is 16.2. The fourth-order valence-electron chi connectivity index (χ4n) is 1.83. The number of benzene rings is 1. The number of hydrogen-bond donors (Lipinski definition) is 2. The average Bonchev–Trinajstić information content (AvgIpc) is 2.96. The van der Waals surface area contributed by atoms with Gasteiger partial charge in [-0.25, -0.2) is 9.97 Å². The summed E-state index contributed by atoms with van der Waals surface area (Å²) in [6.07, 6.45) is 2.80. The van der Waals surface area contributed by atoms with Crippen LogP contribution in [0.1, 0.15) is 16.1 Å². The molecule has 2 heterocycles. The Kier molecular flexibility index (Phi) is 4.64. The van der Waals surface area contributed by atoms with E-state index in [-0.39, 0.29) is 11.5 Å². The number of hydrogen-bond acceptors (Lipinski definition) is 6. The van der Waals surface area contributed by atoms with Crippen LogP contribution in [0.3, 0.4) is 0 Å². The lowest BCUT2D eigenvalue weighted by Gasteiger charge is -2.06. The van der Waals surface area contributed by atoms with Crippen LogP contribution in [0, 0.1) is 6.92 Å². The van der Waals surface area contributed by atoms with Crippen molar-refractivity contribution in [2.24, 2.45) is 0 Å². The van der Waals surface area contributed by atoms with Gasteiger partial charge in [0.05, 0.1) is 15.6 Å². The SMILES string of the molecule is Cc1cc(NC(=O)c2cnc(Nc3ccc(Cl)c(Cl)c3)nc2)no1. The predicted octanol–water partition coefficient (Wildman–Crippen LogP) is 4.08. The van der Waals surface area contributed by atoms with Crippen molar-refractivity contribution in [1.82, 2.24) is 15.1 Å². The second-order valence-corrected chi connectivity index (χ2v) is 5.64. The van der Waals surface area contributed by atoms with Gasteiger partial charge in [-0.15, -0.1) is 0 Å². The molecule has 0 spiro atoms. The van der Waals surface area contributed by atoms with E-state index < -0.39 is 0 Å². The Bertz CT molecular complexity index is 880. The lowest BCUT2D eigenvalue weighted by molar-refractivity contribution is 0.102. The van der Waals surface area contributed by atoms with Crippen molar-refractivity contribution in [2.75, 3.05) is 10.6 Å². The number of carbonyl (C=O) groups excluding carboxylic acids is 1. The van der Waals surface area contributed by atoms with Gasteiger partial charge in [-0.3, -0.25) is 4.79 Å². The number of anilines is 3. The van der Waals surface area contributed by atoms with Gasteiger partial charge in [-0.05, 0) is 25.1 Å². The van der Waals surface area contributed by atoms with E-state index in [1.165, 1.54) is 12.4 Å². The number of halogens is 2. The molecular formula is C15H11Cl2N5O2. The van der Waals surface area contributed by atoms with Crippen LogP contribution in [-0.2, 0) is 0 Å². The van der Waals surface area contributed by atoms with Crippen LogP contribution in [-0.4, -0.2) is 21.0 Å². The van der Waals surface area contributed by atoms with Gasteiger partial charge in [0.1, 0.15) is 5.76 Å². The zero-order chi connectivity index (χ0) is 17.1. The Morgan fingerprint density at radius 2 is 1.88 bits per heavy atom. The summed E-state index contributed by atoms with van der Waals surface area (Å²) in [7, 11) is 0. The third-order valence-corrected chi connectivity index (χ3v) is 3.70. The molecule has 2 aromatic heterocycles. The van der Waals surface area contributed by atoms with Crippen LogP contribution in [0.5, 0.6) is 0 Å². The number of nitrogens with zero attached hydrogens (tertiary/aromatic N) is 3. The van der Waals surface area contributed by atoms with Crippen molar-refractivity contribution in [1.29, 1.82) is 0 Å². The Morgan fingerprint density at radius 3 is 2.50 bits per heavy atom. The summed E-state index contributed by atoms with van der Waals surface area (Å²) in [5.41, 5.74) is 0.968. The molecule has 0 unspecified atom stereocenters. The minimum Gasteiger partial charge on any atom is -0.360 e. The van der Waals surface area contributed by atoms with E-state index in [1.807, 2.05) is 0 Å². The zero-order valence-electron chi connectivity index (χ0n) is 12.4. The van der Waals surface area contributed by atoms with Gasteiger partial charge in [0.25, 0.3) is 5.91 Å². The normalized spacial score (nSPS) is 10.5. The molecule has 0 atom stereocenters. The van der Waals surface area contributed by atoms with Gasteiger partial charge in [0, 0.05) is 24.1 Å². The quantitative estimate of drug-likeness (QED) is 0.725. The molecule has 122 valence electrons. The van der Waals surface area contributed by atoms with E-state index >= 15 is 0 Å². The monoisotopic (exact) mass is 363 g/mol. The maximum atomic E-state index is 12.0. The standard InChI is InChI=1S/C15H11Cl2N5O2/c1-8-4-13(22-24-8)21-14(23)9-6-18-15(19-7-9)20-10-2-3-11(16)12(17)5-10/h2-7H,1H3,(H,18,19,20)(H,21,22,23). The largest absolute Gasteiger partial charge is 0.360 e. The van der Waals surface area contributed by atoms with Gasteiger partial charge < -0.3 is 15.2 Å².